The molecule has 1 aliphatic heterocycles. The van der Waals surface area contributed by atoms with Crippen LogP contribution in [-0.4, -0.2) is 43.9 Å². The molecular formula is C23H22ClNO5S. The topological polar surface area (TPSA) is 76.8 Å². The first-order valence-corrected chi connectivity index (χ1v) is 12.0. The molecule has 0 unspecified atom stereocenters. The van der Waals surface area contributed by atoms with Crippen molar-refractivity contribution in [3.8, 4) is 17.1 Å². The Labute approximate surface area is 186 Å². The average Bonchev–Trinajstić information content (AvgIpc) is 3.38. The lowest BCUT2D eigenvalue weighted by molar-refractivity contribution is 0.0666. The molecule has 1 fully saturated rings. The van der Waals surface area contributed by atoms with Crippen LogP contribution in [0, 0.1) is 0 Å². The number of rotatable bonds is 6. The molecule has 0 saturated carbocycles. The lowest BCUT2D eigenvalue weighted by atomic mass is 10.1. The first-order valence-electron chi connectivity index (χ1n) is 9.85. The number of halogens is 1. The third kappa shape index (κ3) is 4.94. The van der Waals surface area contributed by atoms with Crippen LogP contribution in [0.25, 0.3) is 11.3 Å². The Morgan fingerprint density at radius 2 is 1.81 bits per heavy atom. The Kier molecular flexibility index (Phi) is 6.07. The first-order chi connectivity index (χ1) is 14.8. The largest absolute Gasteiger partial charge is 0.497 e. The van der Waals surface area contributed by atoms with Gasteiger partial charge in [0, 0.05) is 22.2 Å². The number of nitrogens with zero attached hydrogens (tertiary/aromatic N) is 1. The number of sulfone groups is 1. The molecule has 0 aliphatic carbocycles. The number of benzene rings is 2. The van der Waals surface area contributed by atoms with E-state index in [0.29, 0.717) is 34.3 Å². The molecule has 1 aromatic heterocycles. The minimum atomic E-state index is -3.16. The van der Waals surface area contributed by atoms with Gasteiger partial charge in [0.2, 0.25) is 0 Å². The zero-order chi connectivity index (χ0) is 22.0. The van der Waals surface area contributed by atoms with E-state index in [2.05, 4.69) is 0 Å². The van der Waals surface area contributed by atoms with Gasteiger partial charge in [-0.15, -0.1) is 0 Å². The summed E-state index contributed by atoms with van der Waals surface area (Å²) in [7, 11) is -1.60. The molecule has 2 aromatic carbocycles. The number of ether oxygens (including phenoxy) is 1. The highest BCUT2D eigenvalue weighted by Crippen LogP contribution is 2.27. The molecule has 1 atom stereocenters. The van der Waals surface area contributed by atoms with Crippen molar-refractivity contribution in [1.82, 2.24) is 4.90 Å². The van der Waals surface area contributed by atoms with E-state index in [1.54, 1.807) is 48.4 Å². The fourth-order valence-electron chi connectivity index (χ4n) is 3.69. The van der Waals surface area contributed by atoms with E-state index in [1.165, 1.54) is 0 Å². The average molecular weight is 460 g/mol. The molecule has 4 rings (SSSR count). The summed E-state index contributed by atoms with van der Waals surface area (Å²) in [4.78, 5) is 14.9. The standard InChI is InChI=1S/C23H22ClNO5S/c1-29-20-8-4-17(5-9-20)23(26)25(19-12-13-31(27,28)15-19)14-21-10-11-22(30-21)16-2-6-18(24)7-3-16/h2-11,19H,12-15H2,1H3/t19-/m1/s1. The number of hydrogen-bond acceptors (Lipinski definition) is 5. The van der Waals surface area contributed by atoms with E-state index >= 15 is 0 Å². The van der Waals surface area contributed by atoms with Crippen molar-refractivity contribution in [1.29, 1.82) is 0 Å². The molecule has 3 aromatic rings. The first kappa shape index (κ1) is 21.5. The summed E-state index contributed by atoms with van der Waals surface area (Å²) in [6.07, 6.45) is 0.412. The summed E-state index contributed by atoms with van der Waals surface area (Å²) in [6.45, 7) is 0.179. The highest BCUT2D eigenvalue weighted by Gasteiger charge is 2.35. The van der Waals surface area contributed by atoms with Gasteiger partial charge in [0.05, 0.1) is 25.2 Å². The SMILES string of the molecule is COc1ccc(C(=O)N(Cc2ccc(-c3ccc(Cl)cc3)o2)[C@@H]2CCS(=O)(=O)C2)cc1. The Morgan fingerprint density at radius 1 is 1.10 bits per heavy atom. The molecule has 1 aliphatic rings. The molecule has 162 valence electrons. The van der Waals surface area contributed by atoms with Gasteiger partial charge in [-0.2, -0.15) is 0 Å². The van der Waals surface area contributed by atoms with E-state index in [0.717, 1.165) is 5.56 Å². The molecule has 2 heterocycles. The van der Waals surface area contributed by atoms with Crippen LogP contribution in [0.3, 0.4) is 0 Å². The van der Waals surface area contributed by atoms with Crippen LogP contribution in [0.1, 0.15) is 22.5 Å². The summed E-state index contributed by atoms with van der Waals surface area (Å²) < 4.78 is 35.3. The lowest BCUT2D eigenvalue weighted by Crippen LogP contribution is -2.40. The highest BCUT2D eigenvalue weighted by molar-refractivity contribution is 7.91. The molecule has 6 nitrogen and oxygen atoms in total. The number of carbonyl (C=O) groups is 1. The van der Waals surface area contributed by atoms with Crippen LogP contribution < -0.4 is 4.74 Å². The quantitative estimate of drug-likeness (QED) is 0.544. The van der Waals surface area contributed by atoms with Gasteiger partial charge in [-0.3, -0.25) is 4.79 Å². The van der Waals surface area contributed by atoms with Crippen LogP contribution in [0.2, 0.25) is 5.02 Å². The van der Waals surface area contributed by atoms with Gasteiger partial charge in [0.15, 0.2) is 9.84 Å². The summed E-state index contributed by atoms with van der Waals surface area (Å²) in [5.74, 6) is 1.68. The predicted molar refractivity (Wildman–Crippen MR) is 119 cm³/mol. The predicted octanol–water partition coefficient (Wildman–Crippen LogP) is 4.44. The second kappa shape index (κ2) is 8.77. The molecule has 8 heteroatoms. The number of amides is 1. The van der Waals surface area contributed by atoms with Crippen molar-refractivity contribution in [2.45, 2.75) is 19.0 Å². The molecule has 0 spiro atoms. The van der Waals surface area contributed by atoms with Crippen molar-refractivity contribution in [3.05, 3.63) is 77.0 Å². The van der Waals surface area contributed by atoms with E-state index in [4.69, 9.17) is 20.8 Å². The molecular weight excluding hydrogens is 438 g/mol. The smallest absolute Gasteiger partial charge is 0.254 e. The van der Waals surface area contributed by atoms with Crippen molar-refractivity contribution in [2.75, 3.05) is 18.6 Å². The normalized spacial score (nSPS) is 17.4. The van der Waals surface area contributed by atoms with Crippen LogP contribution >= 0.6 is 11.6 Å². The fourth-order valence-corrected chi connectivity index (χ4v) is 5.54. The van der Waals surface area contributed by atoms with E-state index in [9.17, 15) is 13.2 Å². The summed E-state index contributed by atoms with van der Waals surface area (Å²) in [6, 6.07) is 17.3. The van der Waals surface area contributed by atoms with Crippen molar-refractivity contribution in [3.63, 3.8) is 0 Å². The van der Waals surface area contributed by atoms with Crippen LogP contribution in [0.5, 0.6) is 5.75 Å². The van der Waals surface area contributed by atoms with E-state index in [-0.39, 0.29) is 24.0 Å². The Balaban J connectivity index is 1.60. The summed E-state index contributed by atoms with van der Waals surface area (Å²) in [5.41, 5.74) is 1.33. The van der Waals surface area contributed by atoms with E-state index < -0.39 is 15.9 Å². The zero-order valence-electron chi connectivity index (χ0n) is 17.0. The number of furan rings is 1. The monoisotopic (exact) mass is 459 g/mol. The fraction of sp³-hybridized carbons (Fsp3) is 0.261. The Hall–Kier alpha value is -2.77. The minimum absolute atomic E-state index is 0.0420. The van der Waals surface area contributed by atoms with Crippen molar-refractivity contribution < 1.29 is 22.4 Å². The van der Waals surface area contributed by atoms with Crippen LogP contribution in [0.4, 0.5) is 0 Å². The Bertz CT molecular complexity index is 1170. The molecule has 0 radical (unpaired) electrons. The van der Waals surface area contributed by atoms with Gasteiger partial charge < -0.3 is 14.1 Å². The van der Waals surface area contributed by atoms with Gasteiger partial charge in [-0.1, -0.05) is 11.6 Å². The minimum Gasteiger partial charge on any atom is -0.497 e. The number of carbonyl (C=O) groups excluding carboxylic acids is 1. The third-order valence-electron chi connectivity index (χ3n) is 5.36. The second-order valence-corrected chi connectivity index (χ2v) is 10.2. The van der Waals surface area contributed by atoms with Crippen LogP contribution in [0.15, 0.2) is 65.1 Å². The molecule has 0 N–H and O–H groups in total. The summed E-state index contributed by atoms with van der Waals surface area (Å²) >= 11 is 5.95. The van der Waals surface area contributed by atoms with Gasteiger partial charge >= 0.3 is 0 Å². The second-order valence-electron chi connectivity index (χ2n) is 7.49. The van der Waals surface area contributed by atoms with Gasteiger partial charge in [0.25, 0.3) is 5.91 Å². The van der Waals surface area contributed by atoms with Crippen molar-refractivity contribution in [2.24, 2.45) is 0 Å². The maximum Gasteiger partial charge on any atom is 0.254 e. The third-order valence-corrected chi connectivity index (χ3v) is 7.37. The maximum absolute atomic E-state index is 13.3. The number of hydrogen-bond donors (Lipinski definition) is 0. The summed E-state index contributed by atoms with van der Waals surface area (Å²) in [5, 5.41) is 0.634. The molecule has 1 amide bonds. The Morgan fingerprint density at radius 3 is 2.42 bits per heavy atom. The maximum atomic E-state index is 13.3. The van der Waals surface area contributed by atoms with Crippen LogP contribution in [-0.2, 0) is 16.4 Å². The van der Waals surface area contributed by atoms with Gasteiger partial charge in [-0.05, 0) is 67.1 Å². The lowest BCUT2D eigenvalue weighted by Gasteiger charge is -2.27. The van der Waals surface area contributed by atoms with Gasteiger partial charge in [-0.25, -0.2) is 8.42 Å². The van der Waals surface area contributed by atoms with Crippen molar-refractivity contribution >= 4 is 27.3 Å². The molecule has 31 heavy (non-hydrogen) atoms. The zero-order valence-corrected chi connectivity index (χ0v) is 18.5. The molecule has 1 saturated heterocycles. The van der Waals surface area contributed by atoms with Gasteiger partial charge in [0.1, 0.15) is 17.3 Å². The molecule has 0 bridgehead atoms. The number of methoxy groups -OCH3 is 1. The van der Waals surface area contributed by atoms with E-state index in [1.807, 2.05) is 24.3 Å². The highest BCUT2D eigenvalue weighted by atomic mass is 35.5.